The lowest BCUT2D eigenvalue weighted by molar-refractivity contribution is -0.146. The third-order valence-corrected chi connectivity index (χ3v) is 3.32. The number of hydrogen-bond acceptors (Lipinski definition) is 5. The van der Waals surface area contributed by atoms with Gasteiger partial charge in [0.05, 0.1) is 13.2 Å². The number of nitrogens with one attached hydrogen (secondary N) is 2. The van der Waals surface area contributed by atoms with Gasteiger partial charge in [0.1, 0.15) is 6.04 Å². The predicted molar refractivity (Wildman–Crippen MR) is 75.8 cm³/mol. The van der Waals surface area contributed by atoms with E-state index in [-0.39, 0.29) is 18.1 Å². The van der Waals surface area contributed by atoms with Crippen molar-refractivity contribution in [3.05, 3.63) is 35.9 Å². The first-order valence-electron chi connectivity index (χ1n) is 7.11. The Morgan fingerprint density at radius 2 is 2.15 bits per heavy atom. The van der Waals surface area contributed by atoms with Crippen molar-refractivity contribution in [2.24, 2.45) is 0 Å². The third-order valence-electron chi connectivity index (χ3n) is 3.32. The molecule has 0 unspecified atom stereocenters. The van der Waals surface area contributed by atoms with Crippen molar-refractivity contribution in [1.82, 2.24) is 10.8 Å². The van der Waals surface area contributed by atoms with Crippen molar-refractivity contribution in [2.45, 2.75) is 38.5 Å². The third kappa shape index (κ3) is 4.59. The molecule has 1 fully saturated rings. The number of carbonyl (C=O) groups excluding carboxylic acids is 1. The van der Waals surface area contributed by atoms with Crippen LogP contribution in [-0.4, -0.2) is 31.2 Å². The molecule has 0 saturated carbocycles. The second kappa shape index (κ2) is 7.99. The van der Waals surface area contributed by atoms with Gasteiger partial charge in [0.15, 0.2) is 0 Å². The zero-order valence-electron chi connectivity index (χ0n) is 11.8. The minimum absolute atomic E-state index is 0.156. The molecule has 0 aromatic heterocycles. The SMILES string of the molecule is CCOC(=O)[C@H]1CC[C@H](NOCc2ccccc2)CN1. The van der Waals surface area contributed by atoms with Crippen molar-refractivity contribution in [3.63, 3.8) is 0 Å². The number of benzene rings is 1. The summed E-state index contributed by atoms with van der Waals surface area (Å²) in [6.07, 6.45) is 1.66. The van der Waals surface area contributed by atoms with Gasteiger partial charge in [-0.1, -0.05) is 30.3 Å². The van der Waals surface area contributed by atoms with Crippen LogP contribution >= 0.6 is 0 Å². The van der Waals surface area contributed by atoms with Gasteiger partial charge in [0.2, 0.25) is 0 Å². The summed E-state index contributed by atoms with van der Waals surface area (Å²) in [5.41, 5.74) is 4.18. The van der Waals surface area contributed by atoms with Crippen molar-refractivity contribution in [1.29, 1.82) is 0 Å². The summed E-state index contributed by atoms with van der Waals surface area (Å²) in [4.78, 5) is 17.1. The Labute approximate surface area is 119 Å². The smallest absolute Gasteiger partial charge is 0.323 e. The normalized spacial score (nSPS) is 22.4. The molecule has 2 rings (SSSR count). The van der Waals surface area contributed by atoms with Crippen LogP contribution in [0.5, 0.6) is 0 Å². The number of piperidine rings is 1. The van der Waals surface area contributed by atoms with E-state index >= 15 is 0 Å². The van der Waals surface area contributed by atoms with E-state index in [1.54, 1.807) is 0 Å². The van der Waals surface area contributed by atoms with Crippen LogP contribution in [-0.2, 0) is 21.0 Å². The minimum atomic E-state index is -0.179. The zero-order chi connectivity index (χ0) is 14.2. The molecule has 0 bridgehead atoms. The van der Waals surface area contributed by atoms with E-state index in [4.69, 9.17) is 9.57 Å². The van der Waals surface area contributed by atoms with E-state index in [0.29, 0.717) is 19.8 Å². The molecule has 0 amide bonds. The molecule has 110 valence electrons. The highest BCUT2D eigenvalue weighted by Gasteiger charge is 2.26. The molecule has 2 N–H and O–H groups in total. The second-order valence-electron chi connectivity index (χ2n) is 4.88. The average molecular weight is 278 g/mol. The Hall–Kier alpha value is -1.43. The second-order valence-corrected chi connectivity index (χ2v) is 4.88. The largest absolute Gasteiger partial charge is 0.465 e. The van der Waals surface area contributed by atoms with Crippen molar-refractivity contribution >= 4 is 5.97 Å². The van der Waals surface area contributed by atoms with E-state index in [0.717, 1.165) is 18.4 Å². The average Bonchev–Trinajstić information content (AvgIpc) is 2.49. The summed E-state index contributed by atoms with van der Waals surface area (Å²) in [6.45, 7) is 3.50. The Balaban J connectivity index is 1.63. The van der Waals surface area contributed by atoms with Crippen LogP contribution < -0.4 is 10.8 Å². The van der Waals surface area contributed by atoms with Crippen molar-refractivity contribution in [2.75, 3.05) is 13.2 Å². The molecule has 0 aliphatic carbocycles. The van der Waals surface area contributed by atoms with Crippen LogP contribution in [0.1, 0.15) is 25.3 Å². The van der Waals surface area contributed by atoms with E-state index in [9.17, 15) is 4.79 Å². The van der Waals surface area contributed by atoms with Gasteiger partial charge in [-0.25, -0.2) is 0 Å². The molecule has 1 saturated heterocycles. The van der Waals surface area contributed by atoms with Crippen LogP contribution in [0.3, 0.4) is 0 Å². The summed E-state index contributed by atoms with van der Waals surface area (Å²) >= 11 is 0. The van der Waals surface area contributed by atoms with Gasteiger partial charge in [0.25, 0.3) is 0 Å². The highest BCUT2D eigenvalue weighted by molar-refractivity contribution is 5.75. The topological polar surface area (TPSA) is 59.6 Å². The Kier molecular flexibility index (Phi) is 5.98. The van der Waals surface area contributed by atoms with Crippen molar-refractivity contribution in [3.8, 4) is 0 Å². The summed E-state index contributed by atoms with van der Waals surface area (Å²) in [7, 11) is 0. The quantitative estimate of drug-likeness (QED) is 0.608. The lowest BCUT2D eigenvalue weighted by Crippen LogP contribution is -2.51. The van der Waals surface area contributed by atoms with E-state index in [2.05, 4.69) is 10.8 Å². The Bertz CT molecular complexity index is 403. The fourth-order valence-corrected chi connectivity index (χ4v) is 2.22. The van der Waals surface area contributed by atoms with Gasteiger partial charge in [0, 0.05) is 12.6 Å². The highest BCUT2D eigenvalue weighted by Crippen LogP contribution is 2.10. The Morgan fingerprint density at radius 3 is 2.80 bits per heavy atom. The molecule has 1 aromatic rings. The number of hydrogen-bond donors (Lipinski definition) is 2. The van der Waals surface area contributed by atoms with Gasteiger partial charge in [-0.05, 0) is 25.3 Å². The van der Waals surface area contributed by atoms with Gasteiger partial charge in [-0.3, -0.25) is 9.63 Å². The predicted octanol–water partition coefficient (Wildman–Crippen LogP) is 1.39. The lowest BCUT2D eigenvalue weighted by Gasteiger charge is -2.28. The molecule has 0 spiro atoms. The molecule has 1 aliphatic heterocycles. The molecule has 2 atom stereocenters. The Morgan fingerprint density at radius 1 is 1.35 bits per heavy atom. The molecule has 1 heterocycles. The fourth-order valence-electron chi connectivity index (χ4n) is 2.22. The van der Waals surface area contributed by atoms with Crippen LogP contribution in [0.15, 0.2) is 30.3 Å². The zero-order valence-corrected chi connectivity index (χ0v) is 11.8. The van der Waals surface area contributed by atoms with E-state index in [1.165, 1.54) is 0 Å². The first-order valence-corrected chi connectivity index (χ1v) is 7.11. The number of esters is 1. The van der Waals surface area contributed by atoms with Gasteiger partial charge >= 0.3 is 5.97 Å². The number of hydroxylamine groups is 1. The van der Waals surface area contributed by atoms with Crippen LogP contribution in [0.25, 0.3) is 0 Å². The van der Waals surface area contributed by atoms with E-state index in [1.807, 2.05) is 37.3 Å². The summed E-state index contributed by atoms with van der Waals surface area (Å²) in [5, 5.41) is 3.19. The van der Waals surface area contributed by atoms with E-state index < -0.39 is 0 Å². The first-order chi connectivity index (χ1) is 9.79. The summed E-state index contributed by atoms with van der Waals surface area (Å²) < 4.78 is 5.00. The molecule has 20 heavy (non-hydrogen) atoms. The molecular weight excluding hydrogens is 256 g/mol. The summed E-state index contributed by atoms with van der Waals surface area (Å²) in [6, 6.07) is 10.1. The van der Waals surface area contributed by atoms with Crippen LogP contribution in [0, 0.1) is 0 Å². The van der Waals surface area contributed by atoms with Crippen molar-refractivity contribution < 1.29 is 14.4 Å². The maximum absolute atomic E-state index is 11.6. The summed E-state index contributed by atoms with van der Waals surface area (Å²) in [5.74, 6) is -0.156. The first kappa shape index (κ1) is 15.0. The fraction of sp³-hybridized carbons (Fsp3) is 0.533. The number of ether oxygens (including phenoxy) is 1. The minimum Gasteiger partial charge on any atom is -0.465 e. The molecule has 1 aromatic carbocycles. The van der Waals surface area contributed by atoms with Gasteiger partial charge < -0.3 is 10.1 Å². The number of carbonyl (C=O) groups is 1. The highest BCUT2D eigenvalue weighted by atomic mass is 16.6. The molecule has 5 heteroatoms. The van der Waals surface area contributed by atoms with Crippen LogP contribution in [0.2, 0.25) is 0 Å². The maximum atomic E-state index is 11.6. The molecular formula is C15H22N2O3. The molecule has 0 radical (unpaired) electrons. The number of rotatable bonds is 6. The lowest BCUT2D eigenvalue weighted by atomic mass is 10.0. The molecule has 1 aliphatic rings. The molecule has 5 nitrogen and oxygen atoms in total. The maximum Gasteiger partial charge on any atom is 0.323 e. The van der Waals surface area contributed by atoms with Gasteiger partial charge in [-0.2, -0.15) is 5.48 Å². The van der Waals surface area contributed by atoms with Gasteiger partial charge in [-0.15, -0.1) is 0 Å². The standard InChI is InChI=1S/C15H22N2O3/c1-2-19-15(18)14-9-8-13(10-16-14)17-20-11-12-6-4-3-5-7-12/h3-7,13-14,16-17H,2,8-11H2,1H3/t13-,14+/m0/s1. The monoisotopic (exact) mass is 278 g/mol. The van der Waals surface area contributed by atoms with Crippen LogP contribution in [0.4, 0.5) is 0 Å².